The molecule has 1 aromatic rings. The zero-order chi connectivity index (χ0) is 14.4. The first-order valence-electron chi connectivity index (χ1n) is 5.69. The molecule has 1 aromatic carbocycles. The molecule has 4 nitrogen and oxygen atoms in total. The van der Waals surface area contributed by atoms with Crippen LogP contribution in [0.15, 0.2) is 18.2 Å². The monoisotopic (exact) mass is 286 g/mol. The Labute approximate surface area is 114 Å². The minimum Gasteiger partial charge on any atom is -0.390 e. The van der Waals surface area contributed by atoms with Crippen LogP contribution >= 0.6 is 11.8 Å². The first-order chi connectivity index (χ1) is 8.95. The van der Waals surface area contributed by atoms with E-state index in [0.717, 1.165) is 17.8 Å². The fraction of sp³-hybridized carbons (Fsp3) is 0.385. The lowest BCUT2D eigenvalue weighted by Crippen LogP contribution is -2.20. The van der Waals surface area contributed by atoms with Gasteiger partial charge in [-0.15, -0.1) is 0 Å². The SMILES string of the molecule is CC(=O)SCCC(O)C(O)c1cc(C=O)ccc1F. The van der Waals surface area contributed by atoms with Crippen LogP contribution in [-0.4, -0.2) is 33.5 Å². The zero-order valence-electron chi connectivity index (χ0n) is 10.4. The van der Waals surface area contributed by atoms with E-state index in [9.17, 15) is 24.2 Å². The van der Waals surface area contributed by atoms with Crippen LogP contribution in [0.4, 0.5) is 4.39 Å². The Morgan fingerprint density at radius 1 is 1.47 bits per heavy atom. The Bertz CT molecular complexity index is 464. The van der Waals surface area contributed by atoms with Crippen LogP contribution in [0, 0.1) is 5.82 Å². The van der Waals surface area contributed by atoms with E-state index in [1.54, 1.807) is 0 Å². The Balaban J connectivity index is 2.72. The van der Waals surface area contributed by atoms with Crippen LogP contribution in [0.5, 0.6) is 0 Å². The molecule has 0 amide bonds. The number of aliphatic hydroxyl groups excluding tert-OH is 2. The van der Waals surface area contributed by atoms with Gasteiger partial charge in [-0.25, -0.2) is 4.39 Å². The summed E-state index contributed by atoms with van der Waals surface area (Å²) in [7, 11) is 0. The summed E-state index contributed by atoms with van der Waals surface area (Å²) in [6.45, 7) is 1.40. The van der Waals surface area contributed by atoms with Crippen LogP contribution in [0.2, 0.25) is 0 Å². The number of thioether (sulfide) groups is 1. The number of aldehydes is 1. The van der Waals surface area contributed by atoms with E-state index in [1.165, 1.54) is 19.1 Å². The van der Waals surface area contributed by atoms with Gasteiger partial charge in [0, 0.05) is 23.8 Å². The van der Waals surface area contributed by atoms with Gasteiger partial charge in [0.25, 0.3) is 0 Å². The predicted molar refractivity (Wildman–Crippen MR) is 70.5 cm³/mol. The van der Waals surface area contributed by atoms with E-state index in [4.69, 9.17) is 0 Å². The van der Waals surface area contributed by atoms with Crippen molar-refractivity contribution in [2.75, 3.05) is 5.75 Å². The minimum atomic E-state index is -1.42. The van der Waals surface area contributed by atoms with Gasteiger partial charge in [0.05, 0.1) is 6.10 Å². The summed E-state index contributed by atoms with van der Waals surface area (Å²) in [5.41, 5.74) is 0.102. The third-order valence-corrected chi connectivity index (χ3v) is 3.40. The molecule has 1 rings (SSSR count). The smallest absolute Gasteiger partial charge is 0.185 e. The summed E-state index contributed by atoms with van der Waals surface area (Å²) in [6.07, 6.45) is -1.93. The minimum absolute atomic E-state index is 0.0872. The van der Waals surface area contributed by atoms with Crippen molar-refractivity contribution in [1.82, 2.24) is 0 Å². The molecule has 0 saturated heterocycles. The highest BCUT2D eigenvalue weighted by atomic mass is 32.2. The number of aliphatic hydroxyl groups is 2. The van der Waals surface area contributed by atoms with Gasteiger partial charge in [-0.3, -0.25) is 9.59 Å². The van der Waals surface area contributed by atoms with E-state index < -0.39 is 18.0 Å². The van der Waals surface area contributed by atoms with E-state index in [1.807, 2.05) is 0 Å². The molecule has 2 atom stereocenters. The van der Waals surface area contributed by atoms with Crippen molar-refractivity contribution in [3.05, 3.63) is 35.1 Å². The van der Waals surface area contributed by atoms with Gasteiger partial charge in [0.1, 0.15) is 18.2 Å². The maximum absolute atomic E-state index is 13.5. The van der Waals surface area contributed by atoms with Gasteiger partial charge < -0.3 is 10.2 Å². The highest BCUT2D eigenvalue weighted by Gasteiger charge is 2.21. The molecule has 6 heteroatoms. The second kappa shape index (κ2) is 7.37. The molecule has 2 unspecified atom stereocenters. The zero-order valence-corrected chi connectivity index (χ0v) is 11.2. The first kappa shape index (κ1) is 15.8. The quantitative estimate of drug-likeness (QED) is 0.779. The van der Waals surface area contributed by atoms with Crippen molar-refractivity contribution in [2.45, 2.75) is 25.6 Å². The summed E-state index contributed by atoms with van der Waals surface area (Å²) in [4.78, 5) is 21.3. The molecule has 19 heavy (non-hydrogen) atoms. The Morgan fingerprint density at radius 3 is 2.74 bits per heavy atom. The molecule has 0 saturated carbocycles. The van der Waals surface area contributed by atoms with Crippen LogP contribution in [0.1, 0.15) is 35.4 Å². The molecule has 0 fully saturated rings. The summed E-state index contributed by atoms with van der Waals surface area (Å²) in [6, 6.07) is 3.56. The first-order valence-corrected chi connectivity index (χ1v) is 6.68. The number of carbonyl (C=O) groups excluding carboxylic acids is 2. The molecule has 0 bridgehead atoms. The highest BCUT2D eigenvalue weighted by molar-refractivity contribution is 8.13. The topological polar surface area (TPSA) is 74.6 Å². The fourth-order valence-electron chi connectivity index (χ4n) is 1.55. The second-order valence-corrected chi connectivity index (χ2v) is 5.31. The van der Waals surface area contributed by atoms with Crippen molar-refractivity contribution in [3.63, 3.8) is 0 Å². The van der Waals surface area contributed by atoms with E-state index in [-0.39, 0.29) is 22.7 Å². The van der Waals surface area contributed by atoms with Gasteiger partial charge in [-0.05, 0) is 24.6 Å². The van der Waals surface area contributed by atoms with Crippen molar-refractivity contribution in [3.8, 4) is 0 Å². The lowest BCUT2D eigenvalue weighted by Gasteiger charge is -2.18. The molecular weight excluding hydrogens is 271 g/mol. The van der Waals surface area contributed by atoms with Gasteiger partial charge in [0.2, 0.25) is 0 Å². The molecule has 0 radical (unpaired) electrons. The molecular formula is C13H15FO4S. The van der Waals surface area contributed by atoms with Crippen molar-refractivity contribution in [2.24, 2.45) is 0 Å². The highest BCUT2D eigenvalue weighted by Crippen LogP contribution is 2.23. The van der Waals surface area contributed by atoms with Crippen LogP contribution in [0.3, 0.4) is 0 Å². The van der Waals surface area contributed by atoms with Gasteiger partial charge in [-0.1, -0.05) is 11.8 Å². The number of benzene rings is 1. The largest absolute Gasteiger partial charge is 0.390 e. The molecule has 0 aliphatic rings. The van der Waals surface area contributed by atoms with Crippen molar-refractivity contribution < 1.29 is 24.2 Å². The Kier molecular flexibility index (Phi) is 6.14. The number of hydrogen-bond donors (Lipinski definition) is 2. The molecule has 104 valence electrons. The average molecular weight is 286 g/mol. The maximum atomic E-state index is 13.5. The standard InChI is InChI=1S/C13H15FO4S/c1-8(16)19-5-4-12(17)13(18)10-6-9(7-15)2-3-11(10)14/h2-3,6-7,12-13,17-18H,4-5H2,1H3. The lowest BCUT2D eigenvalue weighted by molar-refractivity contribution is -0.109. The van der Waals surface area contributed by atoms with E-state index in [2.05, 4.69) is 0 Å². The third-order valence-electron chi connectivity index (χ3n) is 2.56. The number of carbonyl (C=O) groups is 2. The van der Waals surface area contributed by atoms with Crippen LogP contribution in [0.25, 0.3) is 0 Å². The van der Waals surface area contributed by atoms with E-state index >= 15 is 0 Å². The average Bonchev–Trinajstić information content (AvgIpc) is 2.38. The fourth-order valence-corrected chi connectivity index (χ4v) is 2.20. The van der Waals surface area contributed by atoms with Crippen molar-refractivity contribution in [1.29, 1.82) is 0 Å². The maximum Gasteiger partial charge on any atom is 0.185 e. The summed E-state index contributed by atoms with van der Waals surface area (Å²) in [5.74, 6) is -0.348. The normalized spacial score (nSPS) is 13.9. The van der Waals surface area contributed by atoms with Crippen molar-refractivity contribution >= 4 is 23.2 Å². The molecule has 0 aliphatic carbocycles. The molecule has 0 heterocycles. The Morgan fingerprint density at radius 2 is 2.16 bits per heavy atom. The Hall–Kier alpha value is -1.24. The number of hydrogen-bond acceptors (Lipinski definition) is 5. The molecule has 0 aliphatic heterocycles. The van der Waals surface area contributed by atoms with Crippen LogP contribution < -0.4 is 0 Å². The van der Waals surface area contributed by atoms with E-state index in [0.29, 0.717) is 12.0 Å². The molecule has 0 aromatic heterocycles. The van der Waals surface area contributed by atoms with Gasteiger partial charge in [0.15, 0.2) is 5.12 Å². The second-order valence-electron chi connectivity index (χ2n) is 4.04. The summed E-state index contributed by atoms with van der Waals surface area (Å²) < 4.78 is 13.5. The number of rotatable bonds is 6. The number of halogens is 1. The summed E-state index contributed by atoms with van der Waals surface area (Å²) >= 11 is 1.02. The predicted octanol–water partition coefficient (Wildman–Crippen LogP) is 1.70. The molecule has 2 N–H and O–H groups in total. The van der Waals surface area contributed by atoms with Gasteiger partial charge in [-0.2, -0.15) is 0 Å². The van der Waals surface area contributed by atoms with Crippen LogP contribution in [-0.2, 0) is 4.79 Å². The van der Waals surface area contributed by atoms with Gasteiger partial charge >= 0.3 is 0 Å². The molecule has 0 spiro atoms. The lowest BCUT2D eigenvalue weighted by atomic mass is 10.0. The third kappa shape index (κ3) is 4.74. The summed E-state index contributed by atoms with van der Waals surface area (Å²) in [5, 5.41) is 19.5.